The summed E-state index contributed by atoms with van der Waals surface area (Å²) in [6, 6.07) is -0.195. The second kappa shape index (κ2) is 4.52. The predicted octanol–water partition coefficient (Wildman–Crippen LogP) is 2.34. The van der Waals surface area contributed by atoms with E-state index < -0.39 is 5.60 Å². The minimum atomic E-state index is -0.449. The van der Waals surface area contributed by atoms with Gasteiger partial charge in [-0.2, -0.15) is 0 Å². The van der Waals surface area contributed by atoms with E-state index in [-0.39, 0.29) is 23.3 Å². The Kier molecular flexibility index (Phi) is 4.35. The Balaban J connectivity index is 4.74. The van der Waals surface area contributed by atoms with E-state index in [2.05, 4.69) is 0 Å². The molecule has 0 aromatic rings. The highest BCUT2D eigenvalue weighted by molar-refractivity contribution is 5.74. The van der Waals surface area contributed by atoms with Gasteiger partial charge in [-0.3, -0.25) is 4.79 Å². The van der Waals surface area contributed by atoms with Gasteiger partial charge < -0.3 is 10.5 Å². The monoisotopic (exact) mass is 215 g/mol. The number of hydrogen-bond acceptors (Lipinski definition) is 3. The summed E-state index contributed by atoms with van der Waals surface area (Å²) in [5.41, 5.74) is 5.22. The molecule has 0 rings (SSSR count). The molecule has 0 aliphatic heterocycles. The van der Waals surface area contributed by atoms with Gasteiger partial charge in [0.1, 0.15) is 5.60 Å². The van der Waals surface area contributed by atoms with Gasteiger partial charge in [0, 0.05) is 6.04 Å². The fourth-order valence-corrected chi connectivity index (χ4v) is 1.72. The third-order valence-electron chi connectivity index (χ3n) is 2.12. The molecule has 3 heteroatoms. The van der Waals surface area contributed by atoms with Gasteiger partial charge in [0.25, 0.3) is 0 Å². The highest BCUT2D eigenvalue weighted by atomic mass is 16.6. The minimum absolute atomic E-state index is 0.170. The van der Waals surface area contributed by atoms with Gasteiger partial charge in [0.15, 0.2) is 0 Å². The van der Waals surface area contributed by atoms with Gasteiger partial charge in [-0.05, 0) is 33.1 Å². The van der Waals surface area contributed by atoms with Crippen molar-refractivity contribution in [2.24, 2.45) is 17.1 Å². The van der Waals surface area contributed by atoms with Gasteiger partial charge in [-0.15, -0.1) is 0 Å². The summed E-state index contributed by atoms with van der Waals surface area (Å²) in [6.45, 7) is 13.5. The van der Waals surface area contributed by atoms with E-state index in [9.17, 15) is 4.79 Å². The van der Waals surface area contributed by atoms with E-state index in [1.54, 1.807) is 0 Å². The molecule has 0 fully saturated rings. The number of carbonyl (C=O) groups is 1. The van der Waals surface area contributed by atoms with Crippen molar-refractivity contribution < 1.29 is 9.53 Å². The second-order valence-corrected chi connectivity index (χ2v) is 6.24. The lowest BCUT2D eigenvalue weighted by Crippen LogP contribution is -2.44. The largest absolute Gasteiger partial charge is 0.460 e. The van der Waals surface area contributed by atoms with Crippen LogP contribution in [0.1, 0.15) is 48.5 Å². The molecule has 0 aromatic carbocycles. The van der Waals surface area contributed by atoms with Crippen LogP contribution in [0.2, 0.25) is 0 Å². The van der Waals surface area contributed by atoms with Gasteiger partial charge in [-0.1, -0.05) is 20.8 Å². The highest BCUT2D eigenvalue weighted by Gasteiger charge is 2.37. The fourth-order valence-electron chi connectivity index (χ4n) is 1.72. The van der Waals surface area contributed by atoms with Crippen LogP contribution in [0.25, 0.3) is 0 Å². The molecule has 2 atom stereocenters. The molecule has 0 saturated carbocycles. The first-order valence-corrected chi connectivity index (χ1v) is 5.43. The highest BCUT2D eigenvalue weighted by Crippen LogP contribution is 2.30. The van der Waals surface area contributed by atoms with Crippen LogP contribution in [0.4, 0.5) is 0 Å². The van der Waals surface area contributed by atoms with E-state index in [0.717, 1.165) is 0 Å². The normalized spacial score (nSPS) is 17.1. The maximum absolute atomic E-state index is 11.9. The van der Waals surface area contributed by atoms with Crippen molar-refractivity contribution in [2.45, 2.75) is 60.1 Å². The Hall–Kier alpha value is -0.570. The van der Waals surface area contributed by atoms with E-state index >= 15 is 0 Å². The standard InChI is InChI=1S/C12H25NO2/c1-8(13)9(11(2,3)4)10(14)15-12(5,6)7/h8-9H,13H2,1-7H3/t8?,9-/m1/s1. The molecule has 0 aliphatic rings. The zero-order valence-corrected chi connectivity index (χ0v) is 11.0. The van der Waals surface area contributed by atoms with Crippen LogP contribution < -0.4 is 5.73 Å². The Bertz CT molecular complexity index is 221. The smallest absolute Gasteiger partial charge is 0.311 e. The number of esters is 1. The van der Waals surface area contributed by atoms with Crippen LogP contribution in [0.15, 0.2) is 0 Å². The van der Waals surface area contributed by atoms with E-state index in [1.807, 2.05) is 48.5 Å². The summed E-state index contributed by atoms with van der Waals surface area (Å²) in [5, 5.41) is 0. The van der Waals surface area contributed by atoms with Crippen LogP contribution in [0.5, 0.6) is 0 Å². The van der Waals surface area contributed by atoms with Crippen molar-refractivity contribution in [1.29, 1.82) is 0 Å². The van der Waals surface area contributed by atoms with Gasteiger partial charge >= 0.3 is 5.97 Å². The topological polar surface area (TPSA) is 52.3 Å². The zero-order valence-electron chi connectivity index (χ0n) is 11.0. The van der Waals surface area contributed by atoms with Gasteiger partial charge in [0.2, 0.25) is 0 Å². The van der Waals surface area contributed by atoms with Crippen molar-refractivity contribution in [3.05, 3.63) is 0 Å². The summed E-state index contributed by atoms with van der Waals surface area (Å²) in [7, 11) is 0. The Morgan fingerprint density at radius 2 is 1.53 bits per heavy atom. The molecule has 3 nitrogen and oxygen atoms in total. The molecule has 2 N–H and O–H groups in total. The summed E-state index contributed by atoms with van der Waals surface area (Å²) < 4.78 is 5.37. The number of ether oxygens (including phenoxy) is 1. The second-order valence-electron chi connectivity index (χ2n) is 6.24. The van der Waals surface area contributed by atoms with Crippen LogP contribution >= 0.6 is 0 Å². The molecular weight excluding hydrogens is 190 g/mol. The van der Waals surface area contributed by atoms with Crippen LogP contribution in [0.3, 0.4) is 0 Å². The average Bonchev–Trinajstić information content (AvgIpc) is 1.74. The molecule has 0 aliphatic carbocycles. The molecule has 0 radical (unpaired) electrons. The summed E-state index contributed by atoms with van der Waals surface area (Å²) in [6.07, 6.45) is 0. The molecule has 90 valence electrons. The summed E-state index contributed by atoms with van der Waals surface area (Å²) in [5.74, 6) is -0.471. The van der Waals surface area contributed by atoms with Gasteiger partial charge in [-0.25, -0.2) is 0 Å². The Labute approximate surface area is 93.4 Å². The third-order valence-corrected chi connectivity index (χ3v) is 2.12. The van der Waals surface area contributed by atoms with Crippen LogP contribution in [-0.2, 0) is 9.53 Å². The molecule has 1 unspecified atom stereocenters. The van der Waals surface area contributed by atoms with Crippen molar-refractivity contribution in [3.63, 3.8) is 0 Å². The van der Waals surface area contributed by atoms with E-state index in [0.29, 0.717) is 0 Å². The molecule has 0 saturated heterocycles. The first-order chi connectivity index (χ1) is 6.45. The predicted molar refractivity (Wildman–Crippen MR) is 62.4 cm³/mol. The first kappa shape index (κ1) is 14.4. The van der Waals surface area contributed by atoms with Gasteiger partial charge in [0.05, 0.1) is 5.92 Å². The Morgan fingerprint density at radius 1 is 1.13 bits per heavy atom. The summed E-state index contributed by atoms with van der Waals surface area (Å²) >= 11 is 0. The average molecular weight is 215 g/mol. The lowest BCUT2D eigenvalue weighted by atomic mass is 9.77. The van der Waals surface area contributed by atoms with E-state index in [4.69, 9.17) is 10.5 Å². The zero-order chi connectivity index (χ0) is 12.4. The minimum Gasteiger partial charge on any atom is -0.460 e. The first-order valence-electron chi connectivity index (χ1n) is 5.43. The summed E-state index contributed by atoms with van der Waals surface area (Å²) in [4.78, 5) is 11.9. The van der Waals surface area contributed by atoms with Crippen molar-refractivity contribution in [3.8, 4) is 0 Å². The number of carbonyl (C=O) groups excluding carboxylic acids is 1. The van der Waals surface area contributed by atoms with Crippen molar-refractivity contribution in [1.82, 2.24) is 0 Å². The lowest BCUT2D eigenvalue weighted by Gasteiger charge is -2.34. The maximum Gasteiger partial charge on any atom is 0.311 e. The van der Waals surface area contributed by atoms with Crippen LogP contribution in [-0.4, -0.2) is 17.6 Å². The third kappa shape index (κ3) is 5.17. The molecule has 0 spiro atoms. The quantitative estimate of drug-likeness (QED) is 0.719. The molecular formula is C12H25NO2. The lowest BCUT2D eigenvalue weighted by molar-refractivity contribution is -0.164. The number of nitrogens with two attached hydrogens (primary N) is 1. The molecule has 0 heterocycles. The Morgan fingerprint density at radius 3 is 1.73 bits per heavy atom. The van der Waals surface area contributed by atoms with E-state index in [1.165, 1.54) is 0 Å². The SMILES string of the molecule is CC(N)[C@H](C(=O)OC(C)(C)C)C(C)(C)C. The number of hydrogen-bond donors (Lipinski definition) is 1. The fraction of sp³-hybridized carbons (Fsp3) is 0.917. The maximum atomic E-state index is 11.9. The number of rotatable bonds is 2. The molecule has 0 bridgehead atoms. The van der Waals surface area contributed by atoms with Crippen molar-refractivity contribution >= 4 is 5.97 Å². The molecule has 0 amide bonds. The molecule has 0 aromatic heterocycles. The van der Waals surface area contributed by atoms with Crippen LogP contribution in [0, 0.1) is 11.3 Å². The molecule has 15 heavy (non-hydrogen) atoms. The van der Waals surface area contributed by atoms with Crippen molar-refractivity contribution in [2.75, 3.05) is 0 Å².